The first kappa shape index (κ1) is 16.8. The van der Waals surface area contributed by atoms with Crippen LogP contribution in [0.25, 0.3) is 0 Å². The fourth-order valence-corrected chi connectivity index (χ4v) is 2.86. The molecule has 1 heterocycles. The quantitative estimate of drug-likeness (QED) is 0.856. The summed E-state index contributed by atoms with van der Waals surface area (Å²) in [6.07, 6.45) is 3.03. The van der Waals surface area contributed by atoms with Gasteiger partial charge in [0.1, 0.15) is 0 Å². The Hall–Kier alpha value is -1.59. The second kappa shape index (κ2) is 7.61. The zero-order chi connectivity index (χ0) is 16.1. The highest BCUT2D eigenvalue weighted by Gasteiger charge is 2.07. The molecule has 2 rings (SSSR count). The fourth-order valence-electron chi connectivity index (χ4n) is 2.07. The summed E-state index contributed by atoms with van der Waals surface area (Å²) in [5, 5.41) is 4.27. The van der Waals surface area contributed by atoms with Crippen molar-refractivity contribution in [2.45, 2.75) is 26.7 Å². The van der Waals surface area contributed by atoms with Gasteiger partial charge in [-0.1, -0.05) is 11.6 Å². The van der Waals surface area contributed by atoms with E-state index in [0.717, 1.165) is 34.1 Å². The van der Waals surface area contributed by atoms with E-state index in [1.165, 1.54) is 11.3 Å². The van der Waals surface area contributed by atoms with E-state index in [0.29, 0.717) is 11.6 Å². The first-order valence-corrected chi connectivity index (χ1v) is 8.34. The minimum Gasteiger partial charge on any atom is -0.375 e. The van der Waals surface area contributed by atoms with Gasteiger partial charge in [0.15, 0.2) is 5.13 Å². The lowest BCUT2D eigenvalue weighted by Crippen LogP contribution is -2.20. The largest absolute Gasteiger partial charge is 0.375 e. The van der Waals surface area contributed by atoms with E-state index in [4.69, 9.17) is 11.6 Å². The smallest absolute Gasteiger partial charge is 0.226 e. The maximum absolute atomic E-state index is 11.9. The number of hydrogen-bond donors (Lipinski definition) is 1. The van der Waals surface area contributed by atoms with Crippen LogP contribution >= 0.6 is 22.9 Å². The number of aromatic nitrogens is 1. The molecule has 4 nitrogen and oxygen atoms in total. The van der Waals surface area contributed by atoms with Crippen LogP contribution in [0.4, 0.5) is 10.8 Å². The Morgan fingerprint density at radius 3 is 2.82 bits per heavy atom. The standard InChI is InChI=1S/C16H20ClN3OS/c1-11-9-13(6-7-14(11)17)20(3)8-4-5-15(21)19-16-18-10-12(2)22-16/h6-7,9-10H,4-5,8H2,1-3H3,(H,18,19,21). The maximum Gasteiger partial charge on any atom is 0.226 e. The monoisotopic (exact) mass is 337 g/mol. The molecule has 1 amide bonds. The highest BCUT2D eigenvalue weighted by Crippen LogP contribution is 2.22. The van der Waals surface area contributed by atoms with E-state index >= 15 is 0 Å². The van der Waals surface area contributed by atoms with Crippen molar-refractivity contribution in [2.75, 3.05) is 23.8 Å². The molecule has 2 aromatic rings. The molecule has 0 radical (unpaired) electrons. The first-order valence-electron chi connectivity index (χ1n) is 7.15. The van der Waals surface area contributed by atoms with E-state index in [9.17, 15) is 4.79 Å². The third kappa shape index (κ3) is 4.71. The molecule has 0 saturated heterocycles. The number of hydrogen-bond acceptors (Lipinski definition) is 4. The number of rotatable bonds is 6. The van der Waals surface area contributed by atoms with Crippen molar-refractivity contribution in [3.63, 3.8) is 0 Å². The number of carbonyl (C=O) groups excluding carboxylic acids is 1. The van der Waals surface area contributed by atoms with Crippen LogP contribution < -0.4 is 10.2 Å². The van der Waals surface area contributed by atoms with Gasteiger partial charge in [-0.15, -0.1) is 11.3 Å². The number of halogens is 1. The highest BCUT2D eigenvalue weighted by atomic mass is 35.5. The summed E-state index contributed by atoms with van der Waals surface area (Å²) < 4.78 is 0. The molecule has 0 unspecified atom stereocenters. The zero-order valence-corrected chi connectivity index (χ0v) is 14.6. The predicted octanol–water partition coefficient (Wildman–Crippen LogP) is 4.27. The molecule has 0 bridgehead atoms. The maximum atomic E-state index is 11.9. The molecule has 0 saturated carbocycles. The number of thiazole rings is 1. The summed E-state index contributed by atoms with van der Waals surface area (Å²) in [5.41, 5.74) is 2.17. The molecule has 0 aliphatic carbocycles. The molecule has 0 atom stereocenters. The topological polar surface area (TPSA) is 45.2 Å². The van der Waals surface area contributed by atoms with E-state index in [2.05, 4.69) is 21.3 Å². The summed E-state index contributed by atoms with van der Waals surface area (Å²) in [4.78, 5) is 19.2. The number of nitrogens with zero attached hydrogens (tertiary/aromatic N) is 2. The predicted molar refractivity (Wildman–Crippen MR) is 94.2 cm³/mol. The number of benzene rings is 1. The van der Waals surface area contributed by atoms with Gasteiger partial charge in [0, 0.05) is 41.8 Å². The lowest BCUT2D eigenvalue weighted by molar-refractivity contribution is -0.116. The van der Waals surface area contributed by atoms with Gasteiger partial charge in [0.05, 0.1) is 0 Å². The Labute approximate surface area is 140 Å². The molecule has 22 heavy (non-hydrogen) atoms. The Morgan fingerprint density at radius 2 is 2.18 bits per heavy atom. The molecule has 6 heteroatoms. The Balaban J connectivity index is 1.77. The first-order chi connectivity index (χ1) is 10.5. The van der Waals surface area contributed by atoms with Gasteiger partial charge in [0.25, 0.3) is 0 Å². The second-order valence-corrected chi connectivity index (χ2v) is 6.92. The molecule has 0 spiro atoms. The van der Waals surface area contributed by atoms with Crippen molar-refractivity contribution in [1.82, 2.24) is 4.98 Å². The van der Waals surface area contributed by atoms with Crippen LogP contribution in [-0.4, -0.2) is 24.5 Å². The molecule has 1 aromatic heterocycles. The van der Waals surface area contributed by atoms with Crippen LogP contribution in [0.1, 0.15) is 23.3 Å². The zero-order valence-electron chi connectivity index (χ0n) is 13.0. The minimum atomic E-state index is 0.00929. The Morgan fingerprint density at radius 1 is 1.41 bits per heavy atom. The summed E-state index contributed by atoms with van der Waals surface area (Å²) >= 11 is 7.52. The highest BCUT2D eigenvalue weighted by molar-refractivity contribution is 7.15. The van der Waals surface area contributed by atoms with E-state index in [1.54, 1.807) is 6.20 Å². The van der Waals surface area contributed by atoms with Crippen molar-refractivity contribution >= 4 is 39.7 Å². The molecule has 0 fully saturated rings. The Kier molecular flexibility index (Phi) is 5.80. The Bertz CT molecular complexity index is 657. The number of anilines is 2. The van der Waals surface area contributed by atoms with E-state index < -0.39 is 0 Å². The summed E-state index contributed by atoms with van der Waals surface area (Å²) in [5.74, 6) is 0.00929. The van der Waals surface area contributed by atoms with Gasteiger partial charge >= 0.3 is 0 Å². The molecular weight excluding hydrogens is 318 g/mol. The molecular formula is C16H20ClN3OS. The third-order valence-corrected chi connectivity index (χ3v) is 4.60. The summed E-state index contributed by atoms with van der Waals surface area (Å²) in [6.45, 7) is 4.77. The van der Waals surface area contributed by atoms with Crippen LogP contribution in [0, 0.1) is 13.8 Å². The SMILES string of the molecule is Cc1cnc(NC(=O)CCCN(C)c2ccc(Cl)c(C)c2)s1. The average molecular weight is 338 g/mol. The third-order valence-electron chi connectivity index (χ3n) is 3.35. The number of amides is 1. The second-order valence-electron chi connectivity index (χ2n) is 5.28. The lowest BCUT2D eigenvalue weighted by atomic mass is 10.2. The minimum absolute atomic E-state index is 0.00929. The van der Waals surface area contributed by atoms with Crippen LogP contribution in [0.15, 0.2) is 24.4 Å². The van der Waals surface area contributed by atoms with Crippen molar-refractivity contribution in [3.05, 3.63) is 39.9 Å². The van der Waals surface area contributed by atoms with Crippen LogP contribution in [0.2, 0.25) is 5.02 Å². The van der Waals surface area contributed by atoms with Gasteiger partial charge < -0.3 is 10.2 Å². The van der Waals surface area contributed by atoms with Gasteiger partial charge in [-0.2, -0.15) is 0 Å². The van der Waals surface area contributed by atoms with E-state index in [1.807, 2.05) is 33.0 Å². The number of carbonyl (C=O) groups is 1. The van der Waals surface area contributed by atoms with Crippen LogP contribution in [0.5, 0.6) is 0 Å². The lowest BCUT2D eigenvalue weighted by Gasteiger charge is -2.19. The molecule has 1 aromatic carbocycles. The molecule has 118 valence electrons. The molecule has 1 N–H and O–H groups in total. The van der Waals surface area contributed by atoms with Gasteiger partial charge in [-0.05, 0) is 44.0 Å². The number of nitrogens with one attached hydrogen (secondary N) is 1. The summed E-state index contributed by atoms with van der Waals surface area (Å²) in [6, 6.07) is 5.95. The van der Waals surface area contributed by atoms with Crippen molar-refractivity contribution < 1.29 is 4.79 Å². The number of aryl methyl sites for hydroxylation is 2. The summed E-state index contributed by atoms with van der Waals surface area (Å²) in [7, 11) is 2.02. The van der Waals surface area contributed by atoms with Crippen molar-refractivity contribution in [1.29, 1.82) is 0 Å². The van der Waals surface area contributed by atoms with Gasteiger partial charge in [0.2, 0.25) is 5.91 Å². The van der Waals surface area contributed by atoms with Gasteiger partial charge in [-0.3, -0.25) is 4.79 Å². The van der Waals surface area contributed by atoms with E-state index in [-0.39, 0.29) is 5.91 Å². The molecule has 0 aliphatic rings. The van der Waals surface area contributed by atoms with Gasteiger partial charge in [-0.25, -0.2) is 4.98 Å². The fraction of sp³-hybridized carbons (Fsp3) is 0.375. The molecule has 0 aliphatic heterocycles. The van der Waals surface area contributed by atoms with Crippen LogP contribution in [-0.2, 0) is 4.79 Å². The average Bonchev–Trinajstić information content (AvgIpc) is 2.86. The van der Waals surface area contributed by atoms with Crippen LogP contribution in [0.3, 0.4) is 0 Å². The van der Waals surface area contributed by atoms with Crippen molar-refractivity contribution in [3.8, 4) is 0 Å². The van der Waals surface area contributed by atoms with Crippen molar-refractivity contribution in [2.24, 2.45) is 0 Å². The normalized spacial score (nSPS) is 10.5.